The fraction of sp³-hybridized carbons (Fsp3) is 0.440. The van der Waals surface area contributed by atoms with Crippen LogP contribution in [0.2, 0.25) is 0 Å². The van der Waals surface area contributed by atoms with Crippen LogP contribution in [-0.2, 0) is 16.1 Å². The first-order chi connectivity index (χ1) is 15.7. The maximum Gasteiger partial charge on any atom is 0.270 e. The molecule has 0 radical (unpaired) electrons. The standard InChI is InChI=1S/C25H30BrN3O3S/c1-25(2,3)28(4)24(31)19-13-17(21-7-6-10-33-21)23-16-12-18(27-22(30)14-26)20(32-5)11-15(16)8-9-29(19)23/h6-7,10-13,15-16H,8-9,14H2,1-5H3,(H,27,30). The van der Waals surface area contributed by atoms with Crippen molar-refractivity contribution >= 4 is 39.1 Å². The molecule has 33 heavy (non-hydrogen) atoms. The Labute approximate surface area is 207 Å². The molecule has 2 aromatic heterocycles. The number of rotatable bonds is 5. The third-order valence-electron chi connectivity index (χ3n) is 6.51. The Hall–Kier alpha value is -2.32. The lowest BCUT2D eigenvalue weighted by Gasteiger charge is -2.36. The lowest BCUT2D eigenvalue weighted by atomic mass is 9.79. The minimum Gasteiger partial charge on any atom is -0.495 e. The van der Waals surface area contributed by atoms with Crippen LogP contribution in [0.15, 0.2) is 47.2 Å². The molecule has 4 rings (SSSR count). The molecule has 2 aliphatic rings. The number of fused-ring (bicyclic) bond motifs is 3. The van der Waals surface area contributed by atoms with Crippen molar-refractivity contribution in [3.63, 3.8) is 0 Å². The third kappa shape index (κ3) is 4.43. The lowest BCUT2D eigenvalue weighted by molar-refractivity contribution is -0.117. The van der Waals surface area contributed by atoms with Gasteiger partial charge in [-0.25, -0.2) is 0 Å². The monoisotopic (exact) mass is 531 g/mol. The summed E-state index contributed by atoms with van der Waals surface area (Å²) in [6, 6.07) is 6.19. The molecule has 0 bridgehead atoms. The summed E-state index contributed by atoms with van der Waals surface area (Å²) in [6.07, 6.45) is 5.10. The largest absolute Gasteiger partial charge is 0.495 e. The van der Waals surface area contributed by atoms with E-state index in [-0.39, 0.29) is 34.5 Å². The topological polar surface area (TPSA) is 63.6 Å². The van der Waals surface area contributed by atoms with Crippen molar-refractivity contribution in [1.82, 2.24) is 14.8 Å². The number of halogens is 1. The van der Waals surface area contributed by atoms with E-state index in [1.807, 2.05) is 40.0 Å². The molecule has 2 aromatic rings. The molecule has 2 unspecified atom stereocenters. The van der Waals surface area contributed by atoms with Gasteiger partial charge in [-0.15, -0.1) is 11.3 Å². The second-order valence-electron chi connectivity index (χ2n) is 9.47. The maximum absolute atomic E-state index is 13.6. The van der Waals surface area contributed by atoms with E-state index in [9.17, 15) is 9.59 Å². The van der Waals surface area contributed by atoms with Crippen molar-refractivity contribution in [2.24, 2.45) is 5.92 Å². The van der Waals surface area contributed by atoms with Gasteiger partial charge in [-0.05, 0) is 62.8 Å². The highest BCUT2D eigenvalue weighted by Gasteiger charge is 2.38. The minimum absolute atomic E-state index is 0.0192. The van der Waals surface area contributed by atoms with E-state index in [0.29, 0.717) is 17.2 Å². The van der Waals surface area contributed by atoms with Gasteiger partial charge < -0.3 is 19.5 Å². The van der Waals surface area contributed by atoms with Gasteiger partial charge in [0.05, 0.1) is 18.1 Å². The summed E-state index contributed by atoms with van der Waals surface area (Å²) in [4.78, 5) is 28.6. The van der Waals surface area contributed by atoms with Crippen LogP contribution in [0.1, 0.15) is 49.3 Å². The van der Waals surface area contributed by atoms with Gasteiger partial charge >= 0.3 is 0 Å². The SMILES string of the molecule is COC1=CC2CCn3c(C(=O)N(C)C(C)(C)C)cc(-c4cccs4)c3C2C=C1NC(=O)CBr. The van der Waals surface area contributed by atoms with Crippen molar-refractivity contribution in [3.05, 3.63) is 58.6 Å². The van der Waals surface area contributed by atoms with Gasteiger partial charge in [-0.2, -0.15) is 0 Å². The Bertz CT molecular complexity index is 1120. The summed E-state index contributed by atoms with van der Waals surface area (Å²) in [6.45, 7) is 6.88. The molecule has 2 amide bonds. The van der Waals surface area contributed by atoms with Crippen LogP contribution in [0.4, 0.5) is 0 Å². The van der Waals surface area contributed by atoms with Crippen LogP contribution in [0.25, 0.3) is 10.4 Å². The van der Waals surface area contributed by atoms with Crippen LogP contribution in [0.3, 0.4) is 0 Å². The molecule has 1 N–H and O–H groups in total. The lowest BCUT2D eigenvalue weighted by Crippen LogP contribution is -2.43. The van der Waals surface area contributed by atoms with E-state index in [0.717, 1.165) is 29.1 Å². The molecule has 1 aliphatic carbocycles. The van der Waals surface area contributed by atoms with Crippen LogP contribution >= 0.6 is 27.3 Å². The molecular formula is C25H30BrN3O3S. The predicted molar refractivity (Wildman–Crippen MR) is 136 cm³/mol. The smallest absolute Gasteiger partial charge is 0.270 e. The van der Waals surface area contributed by atoms with Crippen LogP contribution in [0, 0.1) is 5.92 Å². The number of amides is 2. The highest BCUT2D eigenvalue weighted by Crippen LogP contribution is 2.46. The molecule has 0 aromatic carbocycles. The number of ether oxygens (including phenoxy) is 1. The van der Waals surface area contributed by atoms with Gasteiger partial charge in [0.2, 0.25) is 5.91 Å². The quantitative estimate of drug-likeness (QED) is 0.544. The molecule has 0 spiro atoms. The zero-order valence-electron chi connectivity index (χ0n) is 19.6. The van der Waals surface area contributed by atoms with Gasteiger partial charge in [0, 0.05) is 41.2 Å². The van der Waals surface area contributed by atoms with Crippen LogP contribution in [-0.4, -0.2) is 46.3 Å². The first kappa shape index (κ1) is 23.8. The van der Waals surface area contributed by atoms with E-state index in [1.54, 1.807) is 23.3 Å². The molecule has 0 saturated carbocycles. The first-order valence-corrected chi connectivity index (χ1v) is 13.0. The number of thiophene rings is 1. The molecule has 1 aliphatic heterocycles. The van der Waals surface area contributed by atoms with E-state index in [4.69, 9.17) is 4.74 Å². The summed E-state index contributed by atoms with van der Waals surface area (Å²) in [5.41, 5.74) is 3.31. The average molecular weight is 533 g/mol. The summed E-state index contributed by atoms with van der Waals surface area (Å²) >= 11 is 4.89. The average Bonchev–Trinajstić information content (AvgIpc) is 3.44. The minimum atomic E-state index is -0.282. The normalized spacial score (nSPS) is 19.7. The highest BCUT2D eigenvalue weighted by molar-refractivity contribution is 9.09. The fourth-order valence-corrected chi connectivity index (χ4v) is 5.40. The Balaban J connectivity index is 1.85. The van der Waals surface area contributed by atoms with Crippen molar-refractivity contribution in [3.8, 4) is 10.4 Å². The number of aromatic nitrogens is 1. The number of methoxy groups -OCH3 is 1. The number of nitrogens with zero attached hydrogens (tertiary/aromatic N) is 2. The predicted octanol–water partition coefficient (Wildman–Crippen LogP) is 5.13. The molecule has 6 nitrogen and oxygen atoms in total. The first-order valence-electron chi connectivity index (χ1n) is 11.0. The van der Waals surface area contributed by atoms with Gasteiger partial charge in [0.25, 0.3) is 5.91 Å². The maximum atomic E-state index is 13.6. The number of hydrogen-bond acceptors (Lipinski definition) is 4. The number of alkyl halides is 1. The van der Waals surface area contributed by atoms with E-state index < -0.39 is 0 Å². The van der Waals surface area contributed by atoms with Gasteiger partial charge in [-0.1, -0.05) is 22.0 Å². The number of allylic oxidation sites excluding steroid dienone is 2. The van der Waals surface area contributed by atoms with Crippen LogP contribution in [0.5, 0.6) is 0 Å². The third-order valence-corrected chi connectivity index (χ3v) is 7.92. The zero-order valence-corrected chi connectivity index (χ0v) is 22.0. The second kappa shape index (κ2) is 9.14. The number of carbonyl (C=O) groups excluding carboxylic acids is 2. The number of carbonyl (C=O) groups is 2. The molecule has 3 heterocycles. The van der Waals surface area contributed by atoms with Crippen molar-refractivity contribution in [2.75, 3.05) is 19.5 Å². The van der Waals surface area contributed by atoms with E-state index in [2.05, 4.69) is 49.4 Å². The Morgan fingerprint density at radius 2 is 2.09 bits per heavy atom. The fourth-order valence-electron chi connectivity index (χ4n) is 4.51. The van der Waals surface area contributed by atoms with Gasteiger partial charge in [0.1, 0.15) is 11.5 Å². The van der Waals surface area contributed by atoms with Gasteiger partial charge in [0.15, 0.2) is 0 Å². The summed E-state index contributed by atoms with van der Waals surface area (Å²) in [7, 11) is 3.49. The zero-order chi connectivity index (χ0) is 23.9. The summed E-state index contributed by atoms with van der Waals surface area (Å²) in [5.74, 6) is 0.837. The van der Waals surface area contributed by atoms with Crippen molar-refractivity contribution < 1.29 is 14.3 Å². The molecule has 0 fully saturated rings. The van der Waals surface area contributed by atoms with E-state index in [1.165, 1.54) is 0 Å². The molecule has 2 atom stereocenters. The Morgan fingerprint density at radius 3 is 2.70 bits per heavy atom. The number of nitrogens with one attached hydrogen (secondary N) is 1. The van der Waals surface area contributed by atoms with Crippen molar-refractivity contribution in [2.45, 2.75) is 45.2 Å². The van der Waals surface area contributed by atoms with E-state index >= 15 is 0 Å². The summed E-state index contributed by atoms with van der Waals surface area (Å²) < 4.78 is 7.79. The second-order valence-corrected chi connectivity index (χ2v) is 11.0. The molecular weight excluding hydrogens is 502 g/mol. The Morgan fingerprint density at radius 1 is 1.33 bits per heavy atom. The highest BCUT2D eigenvalue weighted by atomic mass is 79.9. The molecule has 8 heteroatoms. The molecule has 176 valence electrons. The Kier molecular flexibility index (Phi) is 6.60. The van der Waals surface area contributed by atoms with Crippen LogP contribution < -0.4 is 5.32 Å². The number of hydrogen-bond donors (Lipinski definition) is 1. The molecule has 0 saturated heterocycles. The van der Waals surface area contributed by atoms with Crippen molar-refractivity contribution in [1.29, 1.82) is 0 Å². The van der Waals surface area contributed by atoms with Gasteiger partial charge in [-0.3, -0.25) is 9.59 Å². The summed E-state index contributed by atoms with van der Waals surface area (Å²) in [5, 5.41) is 5.23.